The summed E-state index contributed by atoms with van der Waals surface area (Å²) in [5.41, 5.74) is 0. The van der Waals surface area contributed by atoms with Gasteiger partial charge in [-0.2, -0.15) is 0 Å². The first kappa shape index (κ1) is 31.8. The lowest BCUT2D eigenvalue weighted by molar-refractivity contribution is 0.179. The van der Waals surface area contributed by atoms with Gasteiger partial charge in [0.1, 0.15) is 0 Å². The molecule has 0 N–H and O–H groups in total. The van der Waals surface area contributed by atoms with Crippen LogP contribution in [0.2, 0.25) is 0 Å². The number of hydrogen-bond donors (Lipinski definition) is 0. The van der Waals surface area contributed by atoms with Gasteiger partial charge in [-0.15, -0.1) is 0 Å². The van der Waals surface area contributed by atoms with Gasteiger partial charge in [0.15, 0.2) is 0 Å². The second kappa shape index (κ2) is 14.5. The molecular weight excluding hydrogens is 514 g/mol. The van der Waals surface area contributed by atoms with E-state index >= 15 is 0 Å². The molecule has 7 aliphatic heterocycles. The number of nitrogens with zero attached hydrogens (tertiary/aromatic N) is 5. The molecular formula is C37H69N5. The lowest BCUT2D eigenvalue weighted by Gasteiger charge is -2.30. The fourth-order valence-electron chi connectivity index (χ4n) is 11.4. The Hall–Kier alpha value is -0.200. The van der Waals surface area contributed by atoms with E-state index in [1.807, 2.05) is 0 Å². The van der Waals surface area contributed by atoms with E-state index in [-0.39, 0.29) is 0 Å². The number of likely N-dealkylation sites (tertiary alicyclic amines) is 3. The average Bonchev–Trinajstić information content (AvgIpc) is 3.83. The molecule has 7 saturated heterocycles. The predicted molar refractivity (Wildman–Crippen MR) is 178 cm³/mol. The molecule has 0 aromatic heterocycles. The summed E-state index contributed by atoms with van der Waals surface area (Å²) in [5.74, 6) is 4.31. The minimum absolute atomic E-state index is 0.962. The highest BCUT2D eigenvalue weighted by atomic mass is 15.2. The monoisotopic (exact) mass is 584 g/mol. The van der Waals surface area contributed by atoms with Crippen LogP contribution in [0.4, 0.5) is 0 Å². The zero-order valence-corrected chi connectivity index (χ0v) is 28.6. The molecule has 8 atom stereocenters. The first-order valence-corrected chi connectivity index (χ1v) is 18.9. The molecule has 5 nitrogen and oxygen atoms in total. The molecule has 10 fully saturated rings. The van der Waals surface area contributed by atoms with Crippen molar-refractivity contribution in [3.63, 3.8) is 0 Å². The topological polar surface area (TPSA) is 16.2 Å². The Labute approximate surface area is 261 Å². The zero-order chi connectivity index (χ0) is 29.2. The Balaban J connectivity index is 0.0000000940. The molecule has 42 heavy (non-hydrogen) atoms. The summed E-state index contributed by atoms with van der Waals surface area (Å²) in [6.45, 7) is 5.52. The van der Waals surface area contributed by atoms with E-state index in [9.17, 15) is 0 Å². The van der Waals surface area contributed by atoms with Crippen LogP contribution in [0.15, 0.2) is 0 Å². The quantitative estimate of drug-likeness (QED) is 0.326. The molecule has 0 amide bonds. The summed E-state index contributed by atoms with van der Waals surface area (Å²) in [4.78, 5) is 12.6. The molecule has 10 rings (SSSR count). The molecule has 8 bridgehead atoms. The fourth-order valence-corrected chi connectivity index (χ4v) is 11.4. The van der Waals surface area contributed by atoms with Crippen LogP contribution in [0, 0.1) is 23.7 Å². The third kappa shape index (κ3) is 7.60. The second-order valence-corrected chi connectivity index (χ2v) is 16.8. The summed E-state index contributed by atoms with van der Waals surface area (Å²) >= 11 is 0. The Bertz CT molecular complexity index is 757. The predicted octanol–water partition coefficient (Wildman–Crippen LogP) is 6.43. The molecule has 6 unspecified atom stereocenters. The maximum absolute atomic E-state index is 2.59. The number of piperidine rings is 3. The van der Waals surface area contributed by atoms with E-state index in [1.165, 1.54) is 142 Å². The Morgan fingerprint density at radius 1 is 0.357 bits per heavy atom. The van der Waals surface area contributed by atoms with Crippen molar-refractivity contribution in [2.24, 2.45) is 23.7 Å². The van der Waals surface area contributed by atoms with Crippen molar-refractivity contribution in [3.8, 4) is 0 Å². The van der Waals surface area contributed by atoms with Crippen molar-refractivity contribution in [2.75, 3.05) is 61.4 Å². The molecule has 7 heterocycles. The Morgan fingerprint density at radius 3 is 0.976 bits per heavy atom. The molecule has 242 valence electrons. The first-order valence-electron chi connectivity index (χ1n) is 18.9. The second-order valence-electron chi connectivity index (χ2n) is 16.8. The van der Waals surface area contributed by atoms with E-state index in [0.29, 0.717) is 0 Å². The van der Waals surface area contributed by atoms with Crippen molar-refractivity contribution in [3.05, 3.63) is 0 Å². The summed E-state index contributed by atoms with van der Waals surface area (Å²) in [5, 5.41) is 0. The molecule has 0 aromatic carbocycles. The minimum Gasteiger partial charge on any atom is -0.306 e. The van der Waals surface area contributed by atoms with Gasteiger partial charge in [-0.05, 0) is 162 Å². The van der Waals surface area contributed by atoms with Crippen LogP contribution >= 0.6 is 0 Å². The molecule has 0 spiro atoms. The molecule has 3 aliphatic carbocycles. The standard InChI is InChI=1S/2C8H15N.3C7H13N/c1-9-5-7-3-2-4-8(7)6-9;1-9-7-3-2-4-8(9)6-5-7;2*1-8-5-6-2-3-7(8)4-6;1-8-6-2-3-7(8)5-4-6/h2*7-8H,2-6H2,1H3;3*6-7H,2-5H2,1H3/t;;6-,7+;;/m..1../s1. The number of rotatable bonds is 0. The van der Waals surface area contributed by atoms with Gasteiger partial charge in [-0.3, -0.25) is 0 Å². The lowest BCUT2D eigenvalue weighted by atomic mass is 10.0. The summed E-state index contributed by atoms with van der Waals surface area (Å²) in [6, 6.07) is 5.81. The molecule has 0 aromatic rings. The van der Waals surface area contributed by atoms with E-state index < -0.39 is 0 Å². The van der Waals surface area contributed by atoms with Gasteiger partial charge >= 0.3 is 0 Å². The molecule has 10 aliphatic rings. The SMILES string of the molecule is CN1C2CCC1CC2.CN1C2CCCC1CC2.CN1CC2CCC1C2.CN1CC2CCCC2C1.CN1C[C@@H]2CC[C@H]1C2. The third-order valence-electron chi connectivity index (χ3n) is 14.2. The molecule has 5 heteroatoms. The average molecular weight is 584 g/mol. The molecule has 0 radical (unpaired) electrons. The van der Waals surface area contributed by atoms with Gasteiger partial charge in [0.25, 0.3) is 0 Å². The minimum atomic E-state index is 0.962. The van der Waals surface area contributed by atoms with Gasteiger partial charge in [-0.25, -0.2) is 0 Å². The van der Waals surface area contributed by atoms with E-state index in [1.54, 1.807) is 0 Å². The Morgan fingerprint density at radius 2 is 0.714 bits per heavy atom. The van der Waals surface area contributed by atoms with Crippen LogP contribution in [0.3, 0.4) is 0 Å². The van der Waals surface area contributed by atoms with Crippen molar-refractivity contribution in [1.82, 2.24) is 24.5 Å². The smallest absolute Gasteiger partial charge is 0.00963 e. The lowest BCUT2D eigenvalue weighted by Crippen LogP contribution is -2.35. The van der Waals surface area contributed by atoms with Gasteiger partial charge in [0, 0.05) is 62.4 Å². The summed E-state index contributed by atoms with van der Waals surface area (Å²) < 4.78 is 0. The van der Waals surface area contributed by atoms with Gasteiger partial charge < -0.3 is 24.5 Å². The number of hydrogen-bond acceptors (Lipinski definition) is 5. The third-order valence-corrected chi connectivity index (χ3v) is 14.2. The van der Waals surface area contributed by atoms with Crippen LogP contribution in [-0.4, -0.2) is 122 Å². The van der Waals surface area contributed by atoms with E-state index in [0.717, 1.165) is 59.9 Å². The first-order chi connectivity index (χ1) is 20.3. The highest BCUT2D eigenvalue weighted by Gasteiger charge is 2.37. The largest absolute Gasteiger partial charge is 0.306 e. The highest BCUT2D eigenvalue weighted by Crippen LogP contribution is 2.38. The van der Waals surface area contributed by atoms with Crippen molar-refractivity contribution in [1.29, 1.82) is 0 Å². The normalized spacial score (nSPS) is 45.1. The fraction of sp³-hybridized carbons (Fsp3) is 1.00. The van der Waals surface area contributed by atoms with Gasteiger partial charge in [-0.1, -0.05) is 12.8 Å². The Kier molecular flexibility index (Phi) is 11.0. The summed E-state index contributed by atoms with van der Waals surface area (Å²) in [7, 11) is 11.3. The van der Waals surface area contributed by atoms with Crippen LogP contribution < -0.4 is 0 Å². The van der Waals surface area contributed by atoms with Crippen molar-refractivity contribution < 1.29 is 0 Å². The van der Waals surface area contributed by atoms with Gasteiger partial charge in [0.05, 0.1) is 0 Å². The highest BCUT2D eigenvalue weighted by molar-refractivity contribution is 4.93. The van der Waals surface area contributed by atoms with Crippen LogP contribution in [0.5, 0.6) is 0 Å². The van der Waals surface area contributed by atoms with Crippen LogP contribution in [-0.2, 0) is 0 Å². The number of fused-ring (bicyclic) bond motifs is 9. The van der Waals surface area contributed by atoms with E-state index in [4.69, 9.17) is 0 Å². The van der Waals surface area contributed by atoms with Crippen molar-refractivity contribution in [2.45, 2.75) is 152 Å². The molecule has 3 saturated carbocycles. The zero-order valence-electron chi connectivity index (χ0n) is 28.6. The van der Waals surface area contributed by atoms with Crippen molar-refractivity contribution >= 4 is 0 Å². The maximum Gasteiger partial charge on any atom is 0.00963 e. The van der Waals surface area contributed by atoms with Crippen LogP contribution in [0.25, 0.3) is 0 Å². The summed E-state index contributed by atoms with van der Waals surface area (Å²) in [6.07, 6.45) is 26.7. The van der Waals surface area contributed by atoms with E-state index in [2.05, 4.69) is 59.7 Å². The van der Waals surface area contributed by atoms with Gasteiger partial charge in [0.2, 0.25) is 0 Å². The maximum atomic E-state index is 2.59. The van der Waals surface area contributed by atoms with Crippen LogP contribution in [0.1, 0.15) is 116 Å².